The van der Waals surface area contributed by atoms with Gasteiger partial charge in [-0.2, -0.15) is 0 Å². The van der Waals surface area contributed by atoms with Crippen LogP contribution in [0.2, 0.25) is 0 Å². The Bertz CT molecular complexity index is 268. The molecule has 1 N–H and O–H groups in total. The van der Waals surface area contributed by atoms with Crippen molar-refractivity contribution in [2.45, 2.75) is 38.6 Å². The molecule has 0 aromatic rings. The Morgan fingerprint density at radius 2 is 2.18 bits per heavy atom. The number of rotatable bonds is 6. The zero-order valence-electron chi connectivity index (χ0n) is 10.7. The highest BCUT2D eigenvalue weighted by Crippen LogP contribution is 2.07. The molecule has 1 unspecified atom stereocenters. The number of amides is 2. The molecule has 0 radical (unpaired) electrons. The van der Waals surface area contributed by atoms with Gasteiger partial charge in [-0.05, 0) is 19.3 Å². The molecule has 0 aromatic heterocycles. The van der Waals surface area contributed by atoms with Crippen molar-refractivity contribution in [3.05, 3.63) is 0 Å². The number of nitrogens with one attached hydrogen (secondary N) is 1. The molecule has 1 aliphatic rings. The number of nitrogens with zero attached hydrogens (tertiary/aromatic N) is 1. The number of hydrogen-bond donors (Lipinski definition) is 1. The van der Waals surface area contributed by atoms with Crippen LogP contribution in [0.4, 0.5) is 0 Å². The second-order valence-corrected chi connectivity index (χ2v) is 4.30. The van der Waals surface area contributed by atoms with E-state index in [9.17, 15) is 9.59 Å². The van der Waals surface area contributed by atoms with E-state index in [0.29, 0.717) is 25.9 Å². The summed E-state index contributed by atoms with van der Waals surface area (Å²) in [7, 11) is 1.67. The molecule has 2 amide bonds. The van der Waals surface area contributed by atoms with Crippen LogP contribution >= 0.6 is 0 Å². The third-order valence-electron chi connectivity index (χ3n) is 2.99. The Morgan fingerprint density at radius 3 is 2.82 bits per heavy atom. The molecule has 0 saturated carbocycles. The van der Waals surface area contributed by atoms with Gasteiger partial charge in [0.1, 0.15) is 6.04 Å². The summed E-state index contributed by atoms with van der Waals surface area (Å²) in [5.41, 5.74) is 0. The van der Waals surface area contributed by atoms with E-state index in [4.69, 9.17) is 4.74 Å². The second kappa shape index (κ2) is 7.27. The third-order valence-corrected chi connectivity index (χ3v) is 2.99. The first-order valence-electron chi connectivity index (χ1n) is 6.26. The van der Waals surface area contributed by atoms with E-state index in [2.05, 4.69) is 5.32 Å². The van der Waals surface area contributed by atoms with Crippen molar-refractivity contribution < 1.29 is 14.3 Å². The minimum Gasteiger partial charge on any atom is -0.385 e. The van der Waals surface area contributed by atoms with E-state index < -0.39 is 0 Å². The van der Waals surface area contributed by atoms with Crippen molar-refractivity contribution in [2.75, 3.05) is 26.8 Å². The average Bonchev–Trinajstić information content (AvgIpc) is 2.46. The van der Waals surface area contributed by atoms with Crippen molar-refractivity contribution in [3.63, 3.8) is 0 Å². The van der Waals surface area contributed by atoms with Crippen molar-refractivity contribution >= 4 is 11.8 Å². The Morgan fingerprint density at radius 1 is 1.41 bits per heavy atom. The molecule has 1 heterocycles. The van der Waals surface area contributed by atoms with Crippen LogP contribution < -0.4 is 5.32 Å². The van der Waals surface area contributed by atoms with Gasteiger partial charge < -0.3 is 15.0 Å². The highest BCUT2D eigenvalue weighted by Gasteiger charge is 2.27. The lowest BCUT2D eigenvalue weighted by molar-refractivity contribution is -0.133. The van der Waals surface area contributed by atoms with Gasteiger partial charge in [0, 0.05) is 33.2 Å². The summed E-state index contributed by atoms with van der Waals surface area (Å²) in [5, 5.41) is 2.76. The van der Waals surface area contributed by atoms with E-state index in [0.717, 1.165) is 19.4 Å². The normalized spacial score (nSPS) is 21.3. The molecule has 1 rings (SSSR count). The van der Waals surface area contributed by atoms with Crippen LogP contribution in [0, 0.1) is 0 Å². The molecule has 1 saturated heterocycles. The van der Waals surface area contributed by atoms with E-state index in [1.165, 1.54) is 0 Å². The average molecular weight is 242 g/mol. The second-order valence-electron chi connectivity index (χ2n) is 4.30. The highest BCUT2D eigenvalue weighted by atomic mass is 16.5. The molecule has 0 bridgehead atoms. The third kappa shape index (κ3) is 4.34. The Balaban J connectivity index is 2.46. The van der Waals surface area contributed by atoms with E-state index in [-0.39, 0.29) is 17.9 Å². The van der Waals surface area contributed by atoms with Gasteiger partial charge in [0.05, 0.1) is 0 Å². The number of ether oxygens (including phenoxy) is 1. The van der Waals surface area contributed by atoms with Crippen LogP contribution in [0.5, 0.6) is 0 Å². The number of carbonyl (C=O) groups is 2. The Hall–Kier alpha value is -1.10. The molecule has 1 atom stereocenters. The summed E-state index contributed by atoms with van der Waals surface area (Å²) in [6, 6.07) is -0.340. The van der Waals surface area contributed by atoms with E-state index >= 15 is 0 Å². The Kier molecular flexibility index (Phi) is 5.97. The fourth-order valence-corrected chi connectivity index (χ4v) is 1.94. The summed E-state index contributed by atoms with van der Waals surface area (Å²) >= 11 is 0. The molecule has 98 valence electrons. The lowest BCUT2D eigenvalue weighted by Gasteiger charge is -2.23. The summed E-state index contributed by atoms with van der Waals surface area (Å²) in [6.07, 6.45) is 2.92. The predicted molar refractivity (Wildman–Crippen MR) is 64.5 cm³/mol. The van der Waals surface area contributed by atoms with Crippen LogP contribution in [-0.2, 0) is 14.3 Å². The Labute approximate surface area is 102 Å². The number of carbonyl (C=O) groups excluding carboxylic acids is 2. The van der Waals surface area contributed by atoms with Crippen LogP contribution in [0.3, 0.4) is 0 Å². The fraction of sp³-hybridized carbons (Fsp3) is 0.833. The lowest BCUT2D eigenvalue weighted by atomic mass is 10.2. The van der Waals surface area contributed by atoms with Crippen LogP contribution in [0.25, 0.3) is 0 Å². The van der Waals surface area contributed by atoms with E-state index in [1.807, 2.05) is 6.92 Å². The molecule has 0 aromatic carbocycles. The standard InChI is InChI=1S/C12H22N2O3/c1-3-10-12(16)14(7-4-5-9-17-2)8-6-11(15)13-10/h10H,3-9H2,1-2H3,(H,13,15). The number of hydrogen-bond acceptors (Lipinski definition) is 3. The maximum Gasteiger partial charge on any atom is 0.245 e. The van der Waals surface area contributed by atoms with Crippen molar-refractivity contribution in [1.29, 1.82) is 0 Å². The van der Waals surface area contributed by atoms with Gasteiger partial charge in [0.2, 0.25) is 11.8 Å². The zero-order valence-corrected chi connectivity index (χ0v) is 10.7. The van der Waals surface area contributed by atoms with Gasteiger partial charge in [0.25, 0.3) is 0 Å². The van der Waals surface area contributed by atoms with Crippen molar-refractivity contribution in [1.82, 2.24) is 10.2 Å². The largest absolute Gasteiger partial charge is 0.385 e. The lowest BCUT2D eigenvalue weighted by Crippen LogP contribution is -2.44. The van der Waals surface area contributed by atoms with Gasteiger partial charge in [-0.25, -0.2) is 0 Å². The zero-order chi connectivity index (χ0) is 12.7. The van der Waals surface area contributed by atoms with Gasteiger partial charge >= 0.3 is 0 Å². The first kappa shape index (κ1) is 14.0. The number of unbranched alkanes of at least 4 members (excludes halogenated alkanes) is 1. The molecular weight excluding hydrogens is 220 g/mol. The molecule has 17 heavy (non-hydrogen) atoms. The molecule has 0 aliphatic carbocycles. The molecule has 5 nitrogen and oxygen atoms in total. The minimum atomic E-state index is -0.340. The van der Waals surface area contributed by atoms with Gasteiger partial charge in [-0.1, -0.05) is 6.92 Å². The summed E-state index contributed by atoms with van der Waals surface area (Å²) in [5.74, 6) is 0.0281. The van der Waals surface area contributed by atoms with Crippen LogP contribution in [0.1, 0.15) is 32.6 Å². The summed E-state index contributed by atoms with van der Waals surface area (Å²) in [6.45, 7) is 3.88. The molecule has 1 fully saturated rings. The topological polar surface area (TPSA) is 58.6 Å². The van der Waals surface area contributed by atoms with Gasteiger partial charge in [-0.3, -0.25) is 9.59 Å². The highest BCUT2D eigenvalue weighted by molar-refractivity contribution is 5.89. The number of methoxy groups -OCH3 is 1. The summed E-state index contributed by atoms with van der Waals surface area (Å²) < 4.78 is 4.97. The molecule has 1 aliphatic heterocycles. The maximum atomic E-state index is 12.1. The van der Waals surface area contributed by atoms with Crippen molar-refractivity contribution in [2.24, 2.45) is 0 Å². The minimum absolute atomic E-state index is 0.0235. The molecule has 5 heteroatoms. The SMILES string of the molecule is CCC1NC(=O)CCN(CCCCOC)C1=O. The quantitative estimate of drug-likeness (QED) is 0.692. The van der Waals surface area contributed by atoms with Crippen LogP contribution in [0.15, 0.2) is 0 Å². The maximum absolute atomic E-state index is 12.1. The molecule has 0 spiro atoms. The smallest absolute Gasteiger partial charge is 0.245 e. The van der Waals surface area contributed by atoms with Crippen LogP contribution in [-0.4, -0.2) is 49.6 Å². The first-order chi connectivity index (χ1) is 8.19. The first-order valence-corrected chi connectivity index (χ1v) is 6.26. The summed E-state index contributed by atoms with van der Waals surface area (Å²) in [4.78, 5) is 25.3. The van der Waals surface area contributed by atoms with Crippen molar-refractivity contribution in [3.8, 4) is 0 Å². The predicted octanol–water partition coefficient (Wildman–Crippen LogP) is 0.540. The fourth-order valence-electron chi connectivity index (χ4n) is 1.94. The van der Waals surface area contributed by atoms with Gasteiger partial charge in [0.15, 0.2) is 0 Å². The molecular formula is C12H22N2O3. The monoisotopic (exact) mass is 242 g/mol. The van der Waals surface area contributed by atoms with Gasteiger partial charge in [-0.15, -0.1) is 0 Å². The van der Waals surface area contributed by atoms with E-state index in [1.54, 1.807) is 12.0 Å².